The van der Waals surface area contributed by atoms with Crippen molar-refractivity contribution < 1.29 is 14.0 Å². The van der Waals surface area contributed by atoms with E-state index in [-0.39, 0.29) is 6.10 Å². The lowest BCUT2D eigenvalue weighted by Crippen LogP contribution is -2.11. The third-order valence-electron chi connectivity index (χ3n) is 4.74. The second-order valence-corrected chi connectivity index (χ2v) is 6.61. The number of rotatable bonds is 5. The molecule has 1 aliphatic carbocycles. The minimum Gasteiger partial charge on any atom is -0.493 e. The largest absolute Gasteiger partial charge is 0.493 e. The van der Waals surface area contributed by atoms with Gasteiger partial charge < -0.3 is 14.0 Å². The standard InChI is InChI=1S/C21H22N2O3/c1-14-22-21(23-26-14)17-7-5-6-15(12-17)16-10-11-19(24-2)20(13-16)25-18-8-3-4-9-18/h5-7,10-13,18H,3-4,8-9H2,1-2H3. The first-order valence-corrected chi connectivity index (χ1v) is 8.99. The van der Waals surface area contributed by atoms with E-state index in [1.54, 1.807) is 14.0 Å². The predicted molar refractivity (Wildman–Crippen MR) is 99.3 cm³/mol. The molecule has 2 aromatic carbocycles. The Labute approximate surface area is 153 Å². The highest BCUT2D eigenvalue weighted by molar-refractivity contribution is 5.72. The summed E-state index contributed by atoms with van der Waals surface area (Å²) in [7, 11) is 1.68. The van der Waals surface area contributed by atoms with E-state index in [1.165, 1.54) is 12.8 Å². The van der Waals surface area contributed by atoms with Crippen molar-refractivity contribution >= 4 is 0 Å². The van der Waals surface area contributed by atoms with Gasteiger partial charge >= 0.3 is 0 Å². The van der Waals surface area contributed by atoms with Crippen molar-refractivity contribution in [3.8, 4) is 34.0 Å². The van der Waals surface area contributed by atoms with Crippen LogP contribution >= 0.6 is 0 Å². The van der Waals surface area contributed by atoms with Crippen LogP contribution in [0.1, 0.15) is 31.6 Å². The number of hydrogen-bond donors (Lipinski definition) is 0. The van der Waals surface area contributed by atoms with Gasteiger partial charge in [0.25, 0.3) is 0 Å². The van der Waals surface area contributed by atoms with Gasteiger partial charge in [-0.05, 0) is 55.0 Å². The summed E-state index contributed by atoms with van der Waals surface area (Å²) in [4.78, 5) is 4.31. The summed E-state index contributed by atoms with van der Waals surface area (Å²) in [6, 6.07) is 14.2. The van der Waals surface area contributed by atoms with Crippen LogP contribution in [0.2, 0.25) is 0 Å². The molecule has 1 aromatic heterocycles. The fourth-order valence-electron chi connectivity index (χ4n) is 3.39. The van der Waals surface area contributed by atoms with E-state index in [0.29, 0.717) is 11.7 Å². The van der Waals surface area contributed by atoms with Crippen molar-refractivity contribution in [1.82, 2.24) is 10.1 Å². The molecule has 1 aliphatic rings. The van der Waals surface area contributed by atoms with E-state index >= 15 is 0 Å². The first-order chi connectivity index (χ1) is 12.7. The average molecular weight is 350 g/mol. The minimum absolute atomic E-state index is 0.285. The van der Waals surface area contributed by atoms with Crippen molar-refractivity contribution in [3.05, 3.63) is 48.4 Å². The van der Waals surface area contributed by atoms with Gasteiger partial charge in [0.2, 0.25) is 11.7 Å². The lowest BCUT2D eigenvalue weighted by molar-refractivity contribution is 0.201. The Hall–Kier alpha value is -2.82. The molecule has 1 saturated carbocycles. The van der Waals surface area contributed by atoms with Crippen molar-refractivity contribution in [2.24, 2.45) is 0 Å². The fourth-order valence-corrected chi connectivity index (χ4v) is 3.39. The summed E-state index contributed by atoms with van der Waals surface area (Å²) >= 11 is 0. The molecule has 0 radical (unpaired) electrons. The number of ether oxygens (including phenoxy) is 2. The van der Waals surface area contributed by atoms with Crippen molar-refractivity contribution in [2.45, 2.75) is 38.7 Å². The Balaban J connectivity index is 1.66. The van der Waals surface area contributed by atoms with Crippen molar-refractivity contribution in [1.29, 1.82) is 0 Å². The number of methoxy groups -OCH3 is 1. The zero-order valence-corrected chi connectivity index (χ0v) is 15.1. The Morgan fingerprint density at radius 3 is 2.46 bits per heavy atom. The van der Waals surface area contributed by atoms with Crippen molar-refractivity contribution in [2.75, 3.05) is 7.11 Å². The maximum absolute atomic E-state index is 6.21. The molecule has 134 valence electrons. The number of hydrogen-bond acceptors (Lipinski definition) is 5. The number of nitrogens with zero attached hydrogens (tertiary/aromatic N) is 2. The van der Waals surface area contributed by atoms with E-state index in [9.17, 15) is 0 Å². The molecule has 0 aliphatic heterocycles. The maximum Gasteiger partial charge on any atom is 0.223 e. The number of aryl methyl sites for hydroxylation is 1. The molecule has 26 heavy (non-hydrogen) atoms. The second-order valence-electron chi connectivity index (χ2n) is 6.61. The van der Waals surface area contributed by atoms with Gasteiger partial charge in [-0.25, -0.2) is 0 Å². The van der Waals surface area contributed by atoms with Crippen LogP contribution in [0.3, 0.4) is 0 Å². The first-order valence-electron chi connectivity index (χ1n) is 8.99. The second kappa shape index (κ2) is 7.20. The fraction of sp³-hybridized carbons (Fsp3) is 0.333. The Kier molecular flexibility index (Phi) is 4.61. The average Bonchev–Trinajstić information content (AvgIpc) is 3.33. The normalized spacial score (nSPS) is 14.5. The van der Waals surface area contributed by atoms with Gasteiger partial charge in [0.15, 0.2) is 11.5 Å². The Bertz CT molecular complexity index is 898. The molecular weight excluding hydrogens is 328 g/mol. The quantitative estimate of drug-likeness (QED) is 0.645. The molecular formula is C21H22N2O3. The first kappa shape index (κ1) is 16.6. The van der Waals surface area contributed by atoms with Crippen LogP contribution in [0, 0.1) is 6.92 Å². The van der Waals surface area contributed by atoms with Gasteiger partial charge in [0.05, 0.1) is 13.2 Å². The lowest BCUT2D eigenvalue weighted by Gasteiger charge is -2.17. The predicted octanol–water partition coefficient (Wildman–Crippen LogP) is 5.04. The zero-order chi connectivity index (χ0) is 17.9. The van der Waals surface area contributed by atoms with E-state index in [0.717, 1.165) is 41.0 Å². The van der Waals surface area contributed by atoms with Crippen LogP contribution in [-0.2, 0) is 0 Å². The SMILES string of the molecule is COc1ccc(-c2cccc(-c3noc(C)n3)c2)cc1OC1CCCC1. The van der Waals surface area contributed by atoms with Crippen LogP contribution in [0.15, 0.2) is 47.0 Å². The van der Waals surface area contributed by atoms with Gasteiger partial charge in [0.1, 0.15) is 0 Å². The van der Waals surface area contributed by atoms with Gasteiger partial charge in [0, 0.05) is 12.5 Å². The van der Waals surface area contributed by atoms with E-state index in [1.807, 2.05) is 24.3 Å². The molecule has 4 rings (SSSR count). The number of aromatic nitrogens is 2. The molecule has 3 aromatic rings. The third kappa shape index (κ3) is 3.43. The van der Waals surface area contributed by atoms with Crippen LogP contribution in [0.4, 0.5) is 0 Å². The summed E-state index contributed by atoms with van der Waals surface area (Å²) in [6.07, 6.45) is 4.98. The van der Waals surface area contributed by atoms with E-state index in [4.69, 9.17) is 14.0 Å². The molecule has 0 atom stereocenters. The van der Waals surface area contributed by atoms with Gasteiger partial charge in [-0.1, -0.05) is 29.4 Å². The monoisotopic (exact) mass is 350 g/mol. The molecule has 1 heterocycles. The topological polar surface area (TPSA) is 57.4 Å². The summed E-state index contributed by atoms with van der Waals surface area (Å²) in [6.45, 7) is 1.79. The van der Waals surface area contributed by atoms with Crippen LogP contribution < -0.4 is 9.47 Å². The summed E-state index contributed by atoms with van der Waals surface area (Å²) < 4.78 is 16.8. The molecule has 0 unspecified atom stereocenters. The Morgan fingerprint density at radius 1 is 0.962 bits per heavy atom. The van der Waals surface area contributed by atoms with Crippen LogP contribution in [-0.4, -0.2) is 23.4 Å². The van der Waals surface area contributed by atoms with Gasteiger partial charge in [-0.15, -0.1) is 0 Å². The highest BCUT2D eigenvalue weighted by atomic mass is 16.5. The minimum atomic E-state index is 0.285. The van der Waals surface area contributed by atoms with Gasteiger partial charge in [-0.2, -0.15) is 4.98 Å². The molecule has 0 saturated heterocycles. The maximum atomic E-state index is 6.21. The molecule has 0 bridgehead atoms. The molecule has 0 spiro atoms. The highest BCUT2D eigenvalue weighted by Crippen LogP contribution is 2.36. The lowest BCUT2D eigenvalue weighted by atomic mass is 10.0. The highest BCUT2D eigenvalue weighted by Gasteiger charge is 2.19. The Morgan fingerprint density at radius 2 is 1.73 bits per heavy atom. The summed E-state index contributed by atoms with van der Waals surface area (Å²) in [5, 5.41) is 4.00. The van der Waals surface area contributed by atoms with E-state index < -0.39 is 0 Å². The molecule has 1 fully saturated rings. The van der Waals surface area contributed by atoms with E-state index in [2.05, 4.69) is 28.3 Å². The van der Waals surface area contributed by atoms with Gasteiger partial charge in [-0.3, -0.25) is 0 Å². The smallest absolute Gasteiger partial charge is 0.223 e. The molecule has 5 heteroatoms. The third-order valence-corrected chi connectivity index (χ3v) is 4.74. The zero-order valence-electron chi connectivity index (χ0n) is 15.1. The van der Waals surface area contributed by atoms with Crippen molar-refractivity contribution in [3.63, 3.8) is 0 Å². The van der Waals surface area contributed by atoms with Crippen LogP contribution in [0.5, 0.6) is 11.5 Å². The number of benzene rings is 2. The molecule has 0 amide bonds. The molecule has 0 N–H and O–H groups in total. The summed E-state index contributed by atoms with van der Waals surface area (Å²) in [5.41, 5.74) is 3.07. The molecule has 5 nitrogen and oxygen atoms in total. The summed E-state index contributed by atoms with van der Waals surface area (Å²) in [5.74, 6) is 2.73. The van der Waals surface area contributed by atoms with Crippen LogP contribution in [0.25, 0.3) is 22.5 Å².